The van der Waals surface area contributed by atoms with Crippen molar-refractivity contribution in [2.24, 2.45) is 5.92 Å². The number of para-hydroxylation sites is 5. The summed E-state index contributed by atoms with van der Waals surface area (Å²) in [6.45, 7) is 2.14. The van der Waals surface area contributed by atoms with Gasteiger partial charge in [-0.2, -0.15) is 5.26 Å². The van der Waals surface area contributed by atoms with E-state index >= 15 is 0 Å². The predicted molar refractivity (Wildman–Crippen MR) is 257 cm³/mol. The monoisotopic (exact) mass is 803 g/mol. The Balaban J connectivity index is 1.17. The Bertz CT molecular complexity index is 3860. The van der Waals surface area contributed by atoms with Crippen LogP contribution in [0.15, 0.2) is 204 Å². The van der Waals surface area contributed by atoms with E-state index in [2.05, 4.69) is 198 Å². The van der Waals surface area contributed by atoms with E-state index in [1.54, 1.807) is 0 Å². The molecule has 0 N–H and O–H groups in total. The second-order valence-electron chi connectivity index (χ2n) is 17.4. The molecule has 0 saturated heterocycles. The molecule has 0 radical (unpaired) electrons. The summed E-state index contributed by atoms with van der Waals surface area (Å²) in [5.74, 6) is 0.216. The number of nitriles is 1. The minimum absolute atomic E-state index is 0.216. The summed E-state index contributed by atoms with van der Waals surface area (Å²) in [5.41, 5.74) is 18.5. The van der Waals surface area contributed by atoms with Crippen molar-refractivity contribution in [3.63, 3.8) is 0 Å². The van der Waals surface area contributed by atoms with Gasteiger partial charge in [0.2, 0.25) is 0 Å². The van der Waals surface area contributed by atoms with Gasteiger partial charge in [0.15, 0.2) is 11.2 Å². The van der Waals surface area contributed by atoms with Gasteiger partial charge in [0.1, 0.15) is 6.07 Å². The Morgan fingerprint density at radius 2 is 1.37 bits per heavy atom. The third kappa shape index (κ3) is 4.33. The van der Waals surface area contributed by atoms with Gasteiger partial charge in [-0.25, -0.2) is 0 Å². The van der Waals surface area contributed by atoms with Crippen LogP contribution in [-0.4, -0.2) is 4.57 Å². The highest BCUT2D eigenvalue weighted by Gasteiger charge is 2.54. The number of hydrogen-bond donors (Lipinski definition) is 0. The zero-order chi connectivity index (χ0) is 41.6. The van der Waals surface area contributed by atoms with Crippen LogP contribution in [0.4, 0.5) is 17.1 Å². The molecule has 3 aliphatic carbocycles. The van der Waals surface area contributed by atoms with E-state index in [4.69, 9.17) is 4.42 Å². The highest BCUT2D eigenvalue weighted by atomic mass is 16.3. The van der Waals surface area contributed by atoms with Crippen LogP contribution < -0.4 is 4.90 Å². The number of nitrogens with zero attached hydrogens (tertiary/aromatic N) is 3. The summed E-state index contributed by atoms with van der Waals surface area (Å²) in [6, 6.07) is 60.1. The fourth-order valence-electron chi connectivity index (χ4n) is 11.9. The maximum atomic E-state index is 10.2. The van der Waals surface area contributed by atoms with Crippen molar-refractivity contribution >= 4 is 77.2 Å². The summed E-state index contributed by atoms with van der Waals surface area (Å²) in [7, 11) is 0. The molecule has 294 valence electrons. The average Bonchev–Trinajstić information content (AvgIpc) is 3.99. The van der Waals surface area contributed by atoms with E-state index in [0.29, 0.717) is 11.1 Å². The largest absolute Gasteiger partial charge is 0.452 e. The van der Waals surface area contributed by atoms with Crippen molar-refractivity contribution in [1.82, 2.24) is 4.57 Å². The van der Waals surface area contributed by atoms with E-state index in [-0.39, 0.29) is 5.92 Å². The first-order chi connectivity index (χ1) is 31.1. The molecule has 14 rings (SSSR count). The lowest BCUT2D eigenvalue weighted by Crippen LogP contribution is -2.34. The minimum Gasteiger partial charge on any atom is -0.452 e. The molecule has 0 fully saturated rings. The SMILES string of the molecule is Cc1ccc(N(c2cc3c(c4ccccc24)C2=C(C=CC4=CC=CCC42)C32c3ccccc3-n3c4ccccc4c4cccc2c43)c2cccc3c2oc2c(C#N)cccc23)cc1. The molecular formula is C59H37N3O. The molecule has 4 nitrogen and oxygen atoms in total. The highest BCUT2D eigenvalue weighted by molar-refractivity contribution is 6.17. The van der Waals surface area contributed by atoms with Gasteiger partial charge in [-0.05, 0) is 100 Å². The number of anilines is 3. The van der Waals surface area contributed by atoms with Crippen LogP contribution in [0.25, 0.3) is 65.8 Å². The quantitative estimate of drug-likeness (QED) is 0.179. The second-order valence-corrected chi connectivity index (χ2v) is 17.4. The van der Waals surface area contributed by atoms with Gasteiger partial charge < -0.3 is 13.9 Å². The lowest BCUT2D eigenvalue weighted by molar-refractivity contribution is 0.668. The van der Waals surface area contributed by atoms with E-state index < -0.39 is 5.41 Å². The smallest absolute Gasteiger partial charge is 0.159 e. The fourth-order valence-corrected chi connectivity index (χ4v) is 11.9. The van der Waals surface area contributed by atoms with Crippen LogP contribution in [0.2, 0.25) is 0 Å². The zero-order valence-corrected chi connectivity index (χ0v) is 34.4. The first-order valence-electron chi connectivity index (χ1n) is 21.8. The van der Waals surface area contributed by atoms with E-state index in [1.807, 2.05) is 12.1 Å². The van der Waals surface area contributed by atoms with E-state index in [0.717, 1.165) is 45.2 Å². The summed E-state index contributed by atoms with van der Waals surface area (Å²) >= 11 is 0. The minimum atomic E-state index is -0.640. The fraction of sp³-hybridized carbons (Fsp3) is 0.0678. The molecule has 1 spiro atoms. The number of aryl methyl sites for hydroxylation is 1. The lowest BCUT2D eigenvalue weighted by Gasteiger charge is -2.41. The molecule has 8 aromatic carbocycles. The van der Waals surface area contributed by atoms with Gasteiger partial charge in [-0.15, -0.1) is 0 Å². The number of aromatic nitrogens is 1. The van der Waals surface area contributed by atoms with Gasteiger partial charge in [0.25, 0.3) is 0 Å². The molecule has 3 heterocycles. The van der Waals surface area contributed by atoms with Crippen molar-refractivity contribution in [2.75, 3.05) is 4.90 Å². The Morgan fingerprint density at radius 3 is 2.24 bits per heavy atom. The Kier molecular flexibility index (Phi) is 6.84. The van der Waals surface area contributed by atoms with Crippen LogP contribution in [0.5, 0.6) is 0 Å². The maximum absolute atomic E-state index is 10.2. The summed E-state index contributed by atoms with van der Waals surface area (Å²) in [4.78, 5) is 2.40. The second kappa shape index (κ2) is 12.5. The maximum Gasteiger partial charge on any atom is 0.159 e. The number of rotatable bonds is 3. The lowest BCUT2D eigenvalue weighted by atomic mass is 9.63. The Labute approximate surface area is 363 Å². The first kappa shape index (κ1) is 34.6. The molecule has 0 saturated carbocycles. The number of hydrogen-bond acceptors (Lipinski definition) is 3. The first-order valence-corrected chi connectivity index (χ1v) is 21.8. The van der Waals surface area contributed by atoms with Crippen LogP contribution >= 0.6 is 0 Å². The number of furan rings is 1. The molecule has 10 aromatic rings. The van der Waals surface area contributed by atoms with Crippen LogP contribution in [0.1, 0.15) is 39.8 Å². The Morgan fingerprint density at radius 1 is 0.651 bits per heavy atom. The summed E-state index contributed by atoms with van der Waals surface area (Å²) in [6.07, 6.45) is 12.7. The molecule has 1 aliphatic heterocycles. The molecule has 4 heteroatoms. The third-order valence-corrected chi connectivity index (χ3v) is 14.4. The van der Waals surface area contributed by atoms with Crippen molar-refractivity contribution in [3.8, 4) is 11.8 Å². The van der Waals surface area contributed by atoms with Crippen LogP contribution in [0.3, 0.4) is 0 Å². The van der Waals surface area contributed by atoms with Crippen LogP contribution in [-0.2, 0) is 5.41 Å². The number of benzene rings is 8. The summed E-state index contributed by atoms with van der Waals surface area (Å²) < 4.78 is 9.39. The van der Waals surface area contributed by atoms with Crippen molar-refractivity contribution in [1.29, 1.82) is 5.26 Å². The molecule has 63 heavy (non-hydrogen) atoms. The number of allylic oxidation sites excluding steroid dienone is 8. The van der Waals surface area contributed by atoms with Crippen molar-refractivity contribution in [3.05, 3.63) is 233 Å². The van der Waals surface area contributed by atoms with Gasteiger partial charge >= 0.3 is 0 Å². The molecule has 2 aromatic heterocycles. The summed E-state index contributed by atoms with van der Waals surface area (Å²) in [5, 5.41) is 17.0. The third-order valence-electron chi connectivity index (χ3n) is 14.4. The molecule has 2 atom stereocenters. The average molecular weight is 804 g/mol. The predicted octanol–water partition coefficient (Wildman–Crippen LogP) is 15.0. The number of fused-ring (bicyclic) bond motifs is 18. The molecule has 0 bridgehead atoms. The Hall–Kier alpha value is -8.13. The van der Waals surface area contributed by atoms with E-state index in [9.17, 15) is 5.26 Å². The van der Waals surface area contributed by atoms with Crippen molar-refractivity contribution in [2.45, 2.75) is 18.8 Å². The highest BCUT2D eigenvalue weighted by Crippen LogP contribution is 2.65. The molecule has 4 aliphatic rings. The van der Waals surface area contributed by atoms with Gasteiger partial charge in [-0.1, -0.05) is 151 Å². The standard InChI is InChI=1S/C59H37N3O/c1-35-27-30-38(31-28-35)61(52-26-12-21-45-44-20-10-14-37(34-60)57(44)63-58(45)52)53-33-49-55(42-18-5-4-16-40(42)53)54-39-15-3-2-13-36(39)29-32-47(54)59(49)46-22-7-9-25-51(46)62-50-24-8-6-17-41(50)43-19-11-23-48(59)56(43)62/h2-14,16-33,39H,15H2,1H3. The molecule has 0 amide bonds. The molecule has 2 unspecified atom stereocenters. The van der Waals surface area contributed by atoms with Gasteiger partial charge in [-0.3, -0.25) is 0 Å². The zero-order valence-electron chi connectivity index (χ0n) is 34.4. The normalized spacial score (nSPS) is 18.0. The topological polar surface area (TPSA) is 45.1 Å². The van der Waals surface area contributed by atoms with Crippen molar-refractivity contribution < 1.29 is 4.42 Å². The van der Waals surface area contributed by atoms with Gasteiger partial charge in [0, 0.05) is 38.5 Å². The van der Waals surface area contributed by atoms with Crippen LogP contribution in [0, 0.1) is 24.2 Å². The van der Waals surface area contributed by atoms with E-state index in [1.165, 1.54) is 77.4 Å². The molecular weight excluding hydrogens is 767 g/mol. The van der Waals surface area contributed by atoms with Gasteiger partial charge in [0.05, 0.1) is 39.1 Å².